The van der Waals surface area contributed by atoms with Gasteiger partial charge < -0.3 is 11.1 Å². The zero-order valence-electron chi connectivity index (χ0n) is 14.8. The number of carbonyl (C=O) groups is 1. The molecule has 28 heavy (non-hydrogen) atoms. The lowest BCUT2D eigenvalue weighted by molar-refractivity contribution is 0.112. The van der Waals surface area contributed by atoms with E-state index < -0.39 is 29.0 Å². The molecule has 0 bridgehead atoms. The predicted octanol–water partition coefficient (Wildman–Crippen LogP) is 5.28. The molecule has 0 aliphatic rings. The van der Waals surface area contributed by atoms with Crippen molar-refractivity contribution in [1.82, 2.24) is 0 Å². The van der Waals surface area contributed by atoms with Crippen molar-refractivity contribution in [2.75, 3.05) is 11.1 Å². The highest BCUT2D eigenvalue weighted by Crippen LogP contribution is 2.31. The van der Waals surface area contributed by atoms with Crippen LogP contribution in [0.3, 0.4) is 0 Å². The summed E-state index contributed by atoms with van der Waals surface area (Å²) in [6.07, 6.45) is 0.00972. The van der Waals surface area contributed by atoms with Crippen LogP contribution in [0, 0.1) is 30.2 Å². The van der Waals surface area contributed by atoms with Crippen LogP contribution in [-0.4, -0.2) is 6.29 Å². The number of aldehydes is 1. The monoisotopic (exact) mass is 388 g/mol. The van der Waals surface area contributed by atoms with Crippen molar-refractivity contribution in [3.63, 3.8) is 0 Å². The Bertz CT molecular complexity index is 1070. The average molecular weight is 388 g/mol. The number of nitrogens with one attached hydrogen (secondary N) is 1. The largest absolute Gasteiger partial charge is 0.396 e. The molecule has 0 amide bonds. The van der Waals surface area contributed by atoms with E-state index in [0.29, 0.717) is 11.8 Å². The molecule has 3 nitrogen and oxygen atoms in total. The SMILES string of the molecule is Cc1ccc(Nc2c(C=O)cc(Cc3cccc(N)c3F)c(F)c2F)c(F)c1. The van der Waals surface area contributed by atoms with Crippen LogP contribution in [0.1, 0.15) is 27.0 Å². The number of aryl methyl sites for hydroxylation is 1. The molecule has 0 aromatic heterocycles. The first kappa shape index (κ1) is 19.4. The minimum Gasteiger partial charge on any atom is -0.396 e. The summed E-state index contributed by atoms with van der Waals surface area (Å²) in [6.45, 7) is 1.67. The molecule has 0 aliphatic carbocycles. The Hall–Kier alpha value is -3.35. The zero-order valence-corrected chi connectivity index (χ0v) is 14.8. The minimum absolute atomic E-state index is 0.0560. The standard InChI is InChI=1S/C21H16F4N2O/c1-11-5-6-17(15(22)7-11)27-21-14(10-28)9-13(19(24)20(21)25)8-12-3-2-4-16(26)18(12)23/h2-7,9-10,27H,8,26H2,1H3. The number of nitrogen functional groups attached to an aromatic ring is 1. The maximum absolute atomic E-state index is 14.7. The van der Waals surface area contributed by atoms with Crippen LogP contribution in [0.4, 0.5) is 34.6 Å². The fourth-order valence-corrected chi connectivity index (χ4v) is 2.85. The number of hydrogen-bond acceptors (Lipinski definition) is 3. The molecule has 0 radical (unpaired) electrons. The van der Waals surface area contributed by atoms with E-state index in [1.165, 1.54) is 30.3 Å². The lowest BCUT2D eigenvalue weighted by Crippen LogP contribution is -2.07. The molecule has 0 saturated carbocycles. The molecular formula is C21H16F4N2O. The number of rotatable bonds is 5. The van der Waals surface area contributed by atoms with Gasteiger partial charge in [-0.05, 0) is 47.9 Å². The third-order valence-corrected chi connectivity index (χ3v) is 4.31. The Balaban J connectivity index is 2.03. The molecule has 0 fully saturated rings. The predicted molar refractivity (Wildman–Crippen MR) is 99.8 cm³/mol. The van der Waals surface area contributed by atoms with Crippen LogP contribution in [0.2, 0.25) is 0 Å². The van der Waals surface area contributed by atoms with Crippen LogP contribution in [0.15, 0.2) is 42.5 Å². The number of anilines is 3. The van der Waals surface area contributed by atoms with Gasteiger partial charge in [0.15, 0.2) is 17.9 Å². The molecule has 3 rings (SSSR count). The van der Waals surface area contributed by atoms with Gasteiger partial charge in [0.2, 0.25) is 0 Å². The van der Waals surface area contributed by atoms with Gasteiger partial charge in [0.25, 0.3) is 0 Å². The number of nitrogens with two attached hydrogens (primary N) is 1. The highest BCUT2D eigenvalue weighted by Gasteiger charge is 2.20. The Kier molecular flexibility index (Phi) is 5.35. The molecule has 144 valence electrons. The molecule has 0 aliphatic heterocycles. The second-order valence-electron chi connectivity index (χ2n) is 6.35. The summed E-state index contributed by atoms with van der Waals surface area (Å²) < 4.78 is 57.4. The van der Waals surface area contributed by atoms with E-state index in [1.807, 2.05) is 0 Å². The molecule has 0 atom stereocenters. The lowest BCUT2D eigenvalue weighted by Gasteiger charge is -2.15. The molecule has 3 N–H and O–H groups in total. The number of benzene rings is 3. The molecular weight excluding hydrogens is 372 g/mol. The van der Waals surface area contributed by atoms with Crippen molar-refractivity contribution < 1.29 is 22.4 Å². The molecule has 0 saturated heterocycles. The molecule has 0 heterocycles. The van der Waals surface area contributed by atoms with Crippen molar-refractivity contribution in [3.8, 4) is 0 Å². The van der Waals surface area contributed by atoms with Gasteiger partial charge in [-0.1, -0.05) is 18.2 Å². The maximum atomic E-state index is 14.7. The summed E-state index contributed by atoms with van der Waals surface area (Å²) in [5, 5.41) is 2.42. The second-order valence-corrected chi connectivity index (χ2v) is 6.35. The fraction of sp³-hybridized carbons (Fsp3) is 0.0952. The van der Waals surface area contributed by atoms with Crippen molar-refractivity contribution in [2.45, 2.75) is 13.3 Å². The molecule has 0 unspecified atom stereocenters. The van der Waals surface area contributed by atoms with E-state index in [2.05, 4.69) is 5.32 Å². The van der Waals surface area contributed by atoms with Crippen molar-refractivity contribution >= 4 is 23.3 Å². The lowest BCUT2D eigenvalue weighted by atomic mass is 9.99. The fourth-order valence-electron chi connectivity index (χ4n) is 2.85. The third kappa shape index (κ3) is 3.69. The van der Waals surface area contributed by atoms with Gasteiger partial charge in [-0.15, -0.1) is 0 Å². The van der Waals surface area contributed by atoms with Crippen LogP contribution < -0.4 is 11.1 Å². The molecule has 7 heteroatoms. The first-order chi connectivity index (χ1) is 13.3. The third-order valence-electron chi connectivity index (χ3n) is 4.31. The van der Waals surface area contributed by atoms with E-state index in [9.17, 15) is 22.4 Å². The average Bonchev–Trinajstić information content (AvgIpc) is 2.66. The maximum Gasteiger partial charge on any atom is 0.183 e. The van der Waals surface area contributed by atoms with Gasteiger partial charge in [-0.3, -0.25) is 4.79 Å². The van der Waals surface area contributed by atoms with Gasteiger partial charge >= 0.3 is 0 Å². The quantitative estimate of drug-likeness (QED) is 0.355. The van der Waals surface area contributed by atoms with Crippen molar-refractivity contribution in [3.05, 3.63) is 88.0 Å². The molecule has 0 spiro atoms. The van der Waals surface area contributed by atoms with E-state index >= 15 is 0 Å². The Labute approximate surface area is 158 Å². The van der Waals surface area contributed by atoms with Crippen LogP contribution >= 0.6 is 0 Å². The zero-order chi connectivity index (χ0) is 20.4. The van der Waals surface area contributed by atoms with Gasteiger partial charge in [0, 0.05) is 12.0 Å². The summed E-state index contributed by atoms with van der Waals surface area (Å²) in [6, 6.07) is 9.46. The highest BCUT2D eigenvalue weighted by molar-refractivity contribution is 5.87. The highest BCUT2D eigenvalue weighted by atomic mass is 19.2. The van der Waals surface area contributed by atoms with Crippen molar-refractivity contribution in [2.24, 2.45) is 0 Å². The number of halogens is 4. The summed E-state index contributed by atoms with van der Waals surface area (Å²) >= 11 is 0. The molecule has 3 aromatic carbocycles. The van der Waals surface area contributed by atoms with Gasteiger partial charge in [-0.25, -0.2) is 17.6 Å². The summed E-state index contributed by atoms with van der Waals surface area (Å²) in [7, 11) is 0. The summed E-state index contributed by atoms with van der Waals surface area (Å²) in [4.78, 5) is 11.4. The minimum atomic E-state index is -1.36. The summed E-state index contributed by atoms with van der Waals surface area (Å²) in [5.41, 5.74) is 5.01. The molecule has 3 aromatic rings. The van der Waals surface area contributed by atoms with E-state index in [4.69, 9.17) is 5.73 Å². The van der Waals surface area contributed by atoms with Crippen LogP contribution in [0.5, 0.6) is 0 Å². The van der Waals surface area contributed by atoms with E-state index in [-0.39, 0.29) is 34.5 Å². The van der Waals surface area contributed by atoms with Crippen molar-refractivity contribution in [1.29, 1.82) is 0 Å². The second kappa shape index (κ2) is 7.72. The topological polar surface area (TPSA) is 55.1 Å². The summed E-state index contributed by atoms with van der Waals surface area (Å²) in [5.74, 6) is -4.03. The normalized spacial score (nSPS) is 10.8. The van der Waals surface area contributed by atoms with Gasteiger partial charge in [0.1, 0.15) is 11.6 Å². The number of hydrogen-bond donors (Lipinski definition) is 2. The Morgan fingerprint density at radius 2 is 1.71 bits per heavy atom. The Morgan fingerprint density at radius 1 is 0.964 bits per heavy atom. The Morgan fingerprint density at radius 3 is 2.39 bits per heavy atom. The first-order valence-corrected chi connectivity index (χ1v) is 8.34. The van der Waals surface area contributed by atoms with Crippen LogP contribution in [0.25, 0.3) is 0 Å². The smallest absolute Gasteiger partial charge is 0.183 e. The van der Waals surface area contributed by atoms with Crippen LogP contribution in [-0.2, 0) is 6.42 Å². The van der Waals surface area contributed by atoms with E-state index in [0.717, 1.165) is 6.07 Å². The van der Waals surface area contributed by atoms with Gasteiger partial charge in [0.05, 0.1) is 17.1 Å². The first-order valence-electron chi connectivity index (χ1n) is 8.34. The van der Waals surface area contributed by atoms with Gasteiger partial charge in [-0.2, -0.15) is 0 Å². The number of carbonyl (C=O) groups excluding carboxylic acids is 1. The van der Waals surface area contributed by atoms with E-state index in [1.54, 1.807) is 13.0 Å².